The number of hydrogen-bond donors (Lipinski definition) is 1. The van der Waals surface area contributed by atoms with E-state index < -0.39 is 0 Å². The van der Waals surface area contributed by atoms with Gasteiger partial charge in [0.05, 0.1) is 0 Å². The molecule has 0 radical (unpaired) electrons. The van der Waals surface area contributed by atoms with E-state index in [1.807, 2.05) is 25.1 Å². The monoisotopic (exact) mass is 179 g/mol. The average Bonchev–Trinajstić information content (AvgIpc) is 2.07. The van der Waals surface area contributed by atoms with Crippen LogP contribution in [0.15, 0.2) is 30.3 Å². The Morgan fingerprint density at radius 3 is 2.42 bits per heavy atom. The van der Waals surface area contributed by atoms with Gasteiger partial charge in [-0.2, -0.15) is 0 Å². The molecule has 1 unspecified atom stereocenters. The van der Waals surface area contributed by atoms with Crippen molar-refractivity contribution in [3.05, 3.63) is 35.9 Å². The molecule has 0 aliphatic heterocycles. The van der Waals surface area contributed by atoms with E-state index in [0.717, 1.165) is 4.86 Å². The van der Waals surface area contributed by atoms with Crippen molar-refractivity contribution in [3.8, 4) is 0 Å². The Kier molecular flexibility index (Phi) is 3.38. The lowest BCUT2D eigenvalue weighted by Gasteiger charge is -2.12. The Morgan fingerprint density at radius 2 is 2.00 bits per heavy atom. The summed E-state index contributed by atoms with van der Waals surface area (Å²) in [4.78, 5) is 0.962. The Hall–Kier alpha value is -0.730. The van der Waals surface area contributed by atoms with Gasteiger partial charge in [0.1, 0.15) is 0 Å². The highest BCUT2D eigenvalue weighted by atomic mass is 32.1. The summed E-state index contributed by atoms with van der Waals surface area (Å²) in [6, 6.07) is 10.1. The molecule has 0 aliphatic carbocycles. The van der Waals surface area contributed by atoms with Crippen molar-refractivity contribution in [1.29, 1.82) is 0 Å². The molecule has 0 saturated carbocycles. The number of nitrogens with two attached hydrogens (primary N) is 1. The summed E-state index contributed by atoms with van der Waals surface area (Å²) in [7, 11) is 0. The third kappa shape index (κ3) is 2.13. The van der Waals surface area contributed by atoms with Gasteiger partial charge >= 0.3 is 0 Å². The van der Waals surface area contributed by atoms with Gasteiger partial charge in [-0.1, -0.05) is 42.5 Å². The first kappa shape index (κ1) is 9.36. The highest BCUT2D eigenvalue weighted by molar-refractivity contribution is 7.80. The molecular formula is C10H13NS. The molecule has 0 aromatic heterocycles. The minimum Gasteiger partial charge on any atom is -0.330 e. The molecule has 1 aromatic carbocycles. The molecule has 0 heterocycles. The van der Waals surface area contributed by atoms with Crippen LogP contribution in [0, 0.1) is 0 Å². The van der Waals surface area contributed by atoms with Gasteiger partial charge in [-0.3, -0.25) is 0 Å². The molecular weight excluding hydrogens is 166 g/mol. The number of thiocarbonyl (C=S) groups is 1. The van der Waals surface area contributed by atoms with E-state index in [1.165, 1.54) is 5.56 Å². The van der Waals surface area contributed by atoms with E-state index in [1.54, 1.807) is 0 Å². The lowest BCUT2D eigenvalue weighted by atomic mass is 9.97. The summed E-state index contributed by atoms with van der Waals surface area (Å²) < 4.78 is 0. The fourth-order valence-corrected chi connectivity index (χ4v) is 1.45. The van der Waals surface area contributed by atoms with Gasteiger partial charge in [-0.25, -0.2) is 0 Å². The van der Waals surface area contributed by atoms with E-state index in [9.17, 15) is 0 Å². The van der Waals surface area contributed by atoms with Crippen LogP contribution in [0.25, 0.3) is 0 Å². The summed E-state index contributed by atoms with van der Waals surface area (Å²) in [5.41, 5.74) is 6.83. The van der Waals surface area contributed by atoms with E-state index in [-0.39, 0.29) is 5.92 Å². The van der Waals surface area contributed by atoms with Gasteiger partial charge in [0.15, 0.2) is 0 Å². The van der Waals surface area contributed by atoms with Crippen molar-refractivity contribution in [1.82, 2.24) is 0 Å². The quantitative estimate of drug-likeness (QED) is 0.719. The first-order valence-corrected chi connectivity index (χ1v) is 4.42. The molecule has 1 atom stereocenters. The molecule has 0 aliphatic rings. The maximum atomic E-state index is 5.62. The van der Waals surface area contributed by atoms with Crippen molar-refractivity contribution in [2.75, 3.05) is 6.54 Å². The van der Waals surface area contributed by atoms with Gasteiger partial charge < -0.3 is 5.73 Å². The molecule has 2 heteroatoms. The van der Waals surface area contributed by atoms with Crippen LogP contribution in [-0.2, 0) is 0 Å². The summed E-state index contributed by atoms with van der Waals surface area (Å²) in [5.74, 6) is 0.237. The van der Waals surface area contributed by atoms with E-state index in [4.69, 9.17) is 18.0 Å². The predicted octanol–water partition coefficient (Wildman–Crippen LogP) is 2.12. The zero-order chi connectivity index (χ0) is 8.97. The van der Waals surface area contributed by atoms with Crippen LogP contribution in [0.2, 0.25) is 0 Å². The summed E-state index contributed by atoms with van der Waals surface area (Å²) in [6.07, 6.45) is 0. The first-order valence-electron chi connectivity index (χ1n) is 4.01. The molecule has 1 nitrogen and oxygen atoms in total. The van der Waals surface area contributed by atoms with Crippen LogP contribution < -0.4 is 5.73 Å². The zero-order valence-corrected chi connectivity index (χ0v) is 7.97. The van der Waals surface area contributed by atoms with Gasteiger partial charge in [0, 0.05) is 12.5 Å². The predicted molar refractivity (Wildman–Crippen MR) is 56.5 cm³/mol. The molecule has 0 bridgehead atoms. The molecule has 12 heavy (non-hydrogen) atoms. The van der Waals surface area contributed by atoms with Crippen LogP contribution in [0.4, 0.5) is 0 Å². The topological polar surface area (TPSA) is 26.0 Å². The van der Waals surface area contributed by atoms with Crippen LogP contribution in [0.5, 0.6) is 0 Å². The Bertz CT molecular complexity index is 256. The Balaban J connectivity index is 2.88. The third-order valence-corrected chi connectivity index (χ3v) is 2.21. The molecule has 64 valence electrons. The van der Waals surface area contributed by atoms with Gasteiger partial charge in [0.2, 0.25) is 0 Å². The van der Waals surface area contributed by atoms with Gasteiger partial charge in [-0.05, 0) is 17.4 Å². The summed E-state index contributed by atoms with van der Waals surface area (Å²) in [5, 5.41) is 0. The first-order chi connectivity index (χ1) is 5.75. The van der Waals surface area contributed by atoms with Crippen molar-refractivity contribution in [3.63, 3.8) is 0 Å². The smallest absolute Gasteiger partial charge is 0.0273 e. The standard InChI is InChI=1S/C10H13NS/c1-8(12)10(7-11)9-5-3-2-4-6-9/h2-6,10H,7,11H2,1H3. The lowest BCUT2D eigenvalue weighted by Crippen LogP contribution is -2.17. The van der Waals surface area contributed by atoms with Crippen LogP contribution in [-0.4, -0.2) is 11.4 Å². The molecule has 0 fully saturated rings. The minimum absolute atomic E-state index is 0.237. The van der Waals surface area contributed by atoms with Crippen LogP contribution >= 0.6 is 12.2 Å². The maximum absolute atomic E-state index is 5.62. The Labute approximate surface area is 78.6 Å². The fourth-order valence-electron chi connectivity index (χ4n) is 1.22. The van der Waals surface area contributed by atoms with E-state index in [0.29, 0.717) is 6.54 Å². The molecule has 1 rings (SSSR count). The minimum atomic E-state index is 0.237. The largest absolute Gasteiger partial charge is 0.330 e. The van der Waals surface area contributed by atoms with Crippen molar-refractivity contribution in [2.45, 2.75) is 12.8 Å². The fraction of sp³-hybridized carbons (Fsp3) is 0.300. The van der Waals surface area contributed by atoms with Crippen molar-refractivity contribution >= 4 is 17.1 Å². The number of benzene rings is 1. The average molecular weight is 179 g/mol. The van der Waals surface area contributed by atoms with Crippen LogP contribution in [0.3, 0.4) is 0 Å². The zero-order valence-electron chi connectivity index (χ0n) is 7.16. The van der Waals surface area contributed by atoms with Crippen LogP contribution in [0.1, 0.15) is 18.4 Å². The molecule has 1 aromatic rings. The summed E-state index contributed by atoms with van der Waals surface area (Å²) in [6.45, 7) is 2.54. The molecule has 0 amide bonds. The second-order valence-corrected chi connectivity index (χ2v) is 3.45. The van der Waals surface area contributed by atoms with Crippen molar-refractivity contribution in [2.24, 2.45) is 5.73 Å². The second kappa shape index (κ2) is 4.33. The lowest BCUT2D eigenvalue weighted by molar-refractivity contribution is 0.897. The van der Waals surface area contributed by atoms with Gasteiger partial charge in [0.25, 0.3) is 0 Å². The number of rotatable bonds is 3. The number of hydrogen-bond acceptors (Lipinski definition) is 2. The second-order valence-electron chi connectivity index (χ2n) is 2.81. The molecule has 0 spiro atoms. The highest BCUT2D eigenvalue weighted by Crippen LogP contribution is 2.15. The summed E-state index contributed by atoms with van der Waals surface area (Å²) >= 11 is 5.12. The van der Waals surface area contributed by atoms with Gasteiger partial charge in [-0.15, -0.1) is 0 Å². The maximum Gasteiger partial charge on any atom is 0.0273 e. The molecule has 0 saturated heterocycles. The normalized spacial score (nSPS) is 12.5. The third-order valence-electron chi connectivity index (χ3n) is 1.93. The van der Waals surface area contributed by atoms with E-state index >= 15 is 0 Å². The van der Waals surface area contributed by atoms with E-state index in [2.05, 4.69) is 12.1 Å². The highest BCUT2D eigenvalue weighted by Gasteiger charge is 2.09. The van der Waals surface area contributed by atoms with Crippen molar-refractivity contribution < 1.29 is 0 Å². The SMILES string of the molecule is CC(=S)C(CN)c1ccccc1. The molecule has 2 N–H and O–H groups in total. The Morgan fingerprint density at radius 1 is 1.42 bits per heavy atom.